The Labute approximate surface area is 92.7 Å². The van der Waals surface area contributed by atoms with Crippen LogP contribution in [0.5, 0.6) is 0 Å². The third-order valence-corrected chi connectivity index (χ3v) is 2.87. The van der Waals surface area contributed by atoms with Gasteiger partial charge in [-0.1, -0.05) is 0 Å². The van der Waals surface area contributed by atoms with E-state index in [0.29, 0.717) is 17.4 Å². The molecule has 0 spiro atoms. The lowest BCUT2D eigenvalue weighted by atomic mass is 10.4. The van der Waals surface area contributed by atoms with Crippen LogP contribution < -0.4 is 0 Å². The van der Waals surface area contributed by atoms with Crippen LogP contribution in [0, 0.1) is 0 Å². The first kappa shape index (κ1) is 9.33. The van der Waals surface area contributed by atoms with E-state index in [1.165, 1.54) is 0 Å². The van der Waals surface area contributed by atoms with Gasteiger partial charge in [0.1, 0.15) is 5.69 Å². The van der Waals surface area contributed by atoms with Crippen molar-refractivity contribution in [3.8, 4) is 0 Å². The van der Waals surface area contributed by atoms with Gasteiger partial charge in [0, 0.05) is 19.3 Å². The summed E-state index contributed by atoms with van der Waals surface area (Å²) in [5.74, 6) is -0.0204. The number of amides is 1. The monoisotopic (exact) mass is 216 g/mol. The maximum Gasteiger partial charge on any atom is 0.274 e. The van der Waals surface area contributed by atoms with Gasteiger partial charge in [0.05, 0.1) is 6.20 Å². The summed E-state index contributed by atoms with van der Waals surface area (Å²) < 4.78 is 1.62. The predicted molar refractivity (Wildman–Crippen MR) is 58.1 cm³/mol. The Morgan fingerprint density at radius 2 is 2.38 bits per heavy atom. The zero-order valence-electron chi connectivity index (χ0n) is 9.00. The molecule has 1 amide bonds. The number of aromatic nitrogens is 3. The molecule has 0 N–H and O–H groups in total. The summed E-state index contributed by atoms with van der Waals surface area (Å²) in [6, 6.07) is 4.05. The van der Waals surface area contributed by atoms with Crippen LogP contribution in [0.2, 0.25) is 0 Å². The Morgan fingerprint density at radius 3 is 3.06 bits per heavy atom. The van der Waals surface area contributed by atoms with Crippen LogP contribution in [0.1, 0.15) is 23.3 Å². The molecule has 0 aliphatic heterocycles. The molecule has 0 bridgehead atoms. The van der Waals surface area contributed by atoms with Crippen molar-refractivity contribution in [3.05, 3.63) is 30.2 Å². The minimum absolute atomic E-state index is 0.0204. The van der Waals surface area contributed by atoms with Crippen LogP contribution in [0.3, 0.4) is 0 Å². The fourth-order valence-corrected chi connectivity index (χ4v) is 1.74. The Hall–Kier alpha value is -1.91. The van der Waals surface area contributed by atoms with Crippen LogP contribution in [-0.4, -0.2) is 38.5 Å². The van der Waals surface area contributed by atoms with Gasteiger partial charge in [-0.25, -0.2) is 9.50 Å². The lowest BCUT2D eigenvalue weighted by Crippen LogP contribution is -2.28. The van der Waals surface area contributed by atoms with Crippen molar-refractivity contribution >= 4 is 11.6 Å². The third-order valence-electron chi connectivity index (χ3n) is 2.87. The molecule has 0 radical (unpaired) electrons. The predicted octanol–water partition coefficient (Wildman–Crippen LogP) is 0.964. The zero-order chi connectivity index (χ0) is 11.1. The second-order valence-corrected chi connectivity index (χ2v) is 4.10. The molecule has 2 aromatic heterocycles. The summed E-state index contributed by atoms with van der Waals surface area (Å²) in [5, 5.41) is 4.09. The number of rotatable bonds is 2. The molecule has 0 unspecified atom stereocenters. The minimum Gasteiger partial charge on any atom is -0.337 e. The maximum atomic E-state index is 12.0. The molecule has 1 aliphatic carbocycles. The number of hydrogen-bond donors (Lipinski definition) is 0. The van der Waals surface area contributed by atoms with Gasteiger partial charge in [-0.05, 0) is 25.0 Å². The van der Waals surface area contributed by atoms with E-state index in [1.54, 1.807) is 27.9 Å². The topological polar surface area (TPSA) is 50.5 Å². The molecule has 1 aliphatic rings. The molecule has 82 valence electrons. The van der Waals surface area contributed by atoms with Crippen LogP contribution in [0.4, 0.5) is 0 Å². The lowest BCUT2D eigenvalue weighted by Gasteiger charge is -2.13. The SMILES string of the molecule is CN(C(=O)c1cn2ncccc2n1)C1CC1. The molecule has 0 aromatic carbocycles. The van der Waals surface area contributed by atoms with E-state index in [4.69, 9.17) is 0 Å². The van der Waals surface area contributed by atoms with E-state index >= 15 is 0 Å². The molecule has 3 rings (SSSR count). The minimum atomic E-state index is -0.0204. The number of hydrogen-bond acceptors (Lipinski definition) is 3. The van der Waals surface area contributed by atoms with E-state index in [9.17, 15) is 4.79 Å². The van der Waals surface area contributed by atoms with E-state index < -0.39 is 0 Å². The van der Waals surface area contributed by atoms with E-state index in [-0.39, 0.29) is 5.91 Å². The Bertz CT molecular complexity index is 511. The van der Waals surface area contributed by atoms with Crippen molar-refractivity contribution in [1.29, 1.82) is 0 Å². The quantitative estimate of drug-likeness (QED) is 0.751. The Morgan fingerprint density at radius 1 is 1.56 bits per heavy atom. The maximum absolute atomic E-state index is 12.0. The van der Waals surface area contributed by atoms with Crippen LogP contribution >= 0.6 is 0 Å². The molecule has 5 heteroatoms. The van der Waals surface area contributed by atoms with E-state index in [0.717, 1.165) is 12.8 Å². The van der Waals surface area contributed by atoms with Crippen LogP contribution in [0.15, 0.2) is 24.5 Å². The molecule has 0 saturated heterocycles. The summed E-state index contributed by atoms with van der Waals surface area (Å²) in [5.41, 5.74) is 1.17. The first-order valence-electron chi connectivity index (χ1n) is 5.33. The van der Waals surface area contributed by atoms with Gasteiger partial charge in [-0.15, -0.1) is 0 Å². The van der Waals surface area contributed by atoms with Gasteiger partial charge >= 0.3 is 0 Å². The largest absolute Gasteiger partial charge is 0.337 e. The summed E-state index contributed by atoms with van der Waals surface area (Å²) in [4.78, 5) is 18.0. The first-order valence-corrected chi connectivity index (χ1v) is 5.33. The van der Waals surface area contributed by atoms with Gasteiger partial charge in [-0.2, -0.15) is 5.10 Å². The highest BCUT2D eigenvalue weighted by atomic mass is 16.2. The normalized spacial score (nSPS) is 15.3. The molecular formula is C11H12N4O. The number of fused-ring (bicyclic) bond motifs is 1. The standard InChI is InChI=1S/C11H12N4O/c1-14(8-4-5-8)11(16)9-7-15-10(13-9)3-2-6-12-15/h2-3,6-8H,4-5H2,1H3. The summed E-state index contributed by atoms with van der Waals surface area (Å²) in [6.45, 7) is 0. The fraction of sp³-hybridized carbons (Fsp3) is 0.364. The van der Waals surface area contributed by atoms with Gasteiger partial charge in [0.25, 0.3) is 5.91 Å². The van der Waals surface area contributed by atoms with Crippen molar-refractivity contribution < 1.29 is 4.79 Å². The molecule has 1 fully saturated rings. The van der Waals surface area contributed by atoms with Gasteiger partial charge in [-0.3, -0.25) is 4.79 Å². The third kappa shape index (κ3) is 1.44. The van der Waals surface area contributed by atoms with Crippen molar-refractivity contribution in [2.75, 3.05) is 7.05 Å². The number of imidazole rings is 1. The number of carbonyl (C=O) groups is 1. The molecule has 16 heavy (non-hydrogen) atoms. The molecule has 0 atom stereocenters. The molecule has 1 saturated carbocycles. The smallest absolute Gasteiger partial charge is 0.274 e. The average molecular weight is 216 g/mol. The number of carbonyl (C=O) groups excluding carboxylic acids is 1. The highest BCUT2D eigenvalue weighted by Gasteiger charge is 2.31. The number of nitrogens with zero attached hydrogens (tertiary/aromatic N) is 4. The highest BCUT2D eigenvalue weighted by Crippen LogP contribution is 2.26. The van der Waals surface area contributed by atoms with Crippen molar-refractivity contribution in [2.24, 2.45) is 0 Å². The van der Waals surface area contributed by atoms with Gasteiger partial charge in [0.2, 0.25) is 0 Å². The summed E-state index contributed by atoms with van der Waals surface area (Å²) in [6.07, 6.45) is 5.56. The molecule has 2 aromatic rings. The Kier molecular flexibility index (Phi) is 1.92. The van der Waals surface area contributed by atoms with E-state index in [2.05, 4.69) is 10.1 Å². The first-order chi connectivity index (χ1) is 7.75. The van der Waals surface area contributed by atoms with Gasteiger partial charge < -0.3 is 4.90 Å². The van der Waals surface area contributed by atoms with E-state index in [1.807, 2.05) is 13.1 Å². The fourth-order valence-electron chi connectivity index (χ4n) is 1.74. The van der Waals surface area contributed by atoms with Crippen LogP contribution in [-0.2, 0) is 0 Å². The Balaban J connectivity index is 1.95. The van der Waals surface area contributed by atoms with Crippen molar-refractivity contribution in [3.63, 3.8) is 0 Å². The van der Waals surface area contributed by atoms with Crippen molar-refractivity contribution in [2.45, 2.75) is 18.9 Å². The van der Waals surface area contributed by atoms with Crippen LogP contribution in [0.25, 0.3) is 5.65 Å². The lowest BCUT2D eigenvalue weighted by molar-refractivity contribution is 0.0780. The molecular weight excluding hydrogens is 204 g/mol. The summed E-state index contributed by atoms with van der Waals surface area (Å²) >= 11 is 0. The zero-order valence-corrected chi connectivity index (χ0v) is 9.00. The molecule has 2 heterocycles. The van der Waals surface area contributed by atoms with Gasteiger partial charge in [0.15, 0.2) is 5.65 Å². The highest BCUT2D eigenvalue weighted by molar-refractivity contribution is 5.93. The molecule has 5 nitrogen and oxygen atoms in total. The second kappa shape index (κ2) is 3.30. The second-order valence-electron chi connectivity index (χ2n) is 4.10. The summed E-state index contributed by atoms with van der Waals surface area (Å²) in [7, 11) is 1.83. The van der Waals surface area contributed by atoms with Crippen molar-refractivity contribution in [1.82, 2.24) is 19.5 Å². The average Bonchev–Trinajstić information content (AvgIpc) is 3.06.